The van der Waals surface area contributed by atoms with Gasteiger partial charge in [-0.25, -0.2) is 0 Å². The maximum atomic E-state index is 6.08. The fraction of sp³-hybridized carbons (Fsp3) is 0.286. The third kappa shape index (κ3) is 2.97. The van der Waals surface area contributed by atoms with Gasteiger partial charge in [0.1, 0.15) is 11.5 Å². The van der Waals surface area contributed by atoms with E-state index < -0.39 is 0 Å². The van der Waals surface area contributed by atoms with Crippen LogP contribution in [0.1, 0.15) is 25.6 Å². The van der Waals surface area contributed by atoms with Crippen LogP contribution >= 0.6 is 27.5 Å². The van der Waals surface area contributed by atoms with E-state index in [1.165, 1.54) is 0 Å². The minimum atomic E-state index is 0.217. The van der Waals surface area contributed by atoms with Gasteiger partial charge in [0, 0.05) is 10.0 Å². The lowest BCUT2D eigenvalue weighted by Gasteiger charge is -2.08. The first-order chi connectivity index (χ1) is 8.61. The van der Waals surface area contributed by atoms with Crippen molar-refractivity contribution in [2.45, 2.75) is 19.9 Å². The molecule has 96 valence electrons. The summed E-state index contributed by atoms with van der Waals surface area (Å²) >= 11 is 9.46. The molecular formula is C14H15BrClNO. The SMILES string of the molecule is CCNC(C)c1ccc(-c2ccc(Br)c(Cl)c2)o1. The first-order valence-corrected chi connectivity index (χ1v) is 7.07. The number of rotatable bonds is 4. The van der Waals surface area contributed by atoms with E-state index >= 15 is 0 Å². The Hall–Kier alpha value is -0.770. The number of furan rings is 1. The smallest absolute Gasteiger partial charge is 0.134 e. The fourth-order valence-corrected chi connectivity index (χ4v) is 2.22. The lowest BCUT2D eigenvalue weighted by molar-refractivity contribution is 0.445. The fourth-order valence-electron chi connectivity index (χ4n) is 1.80. The highest BCUT2D eigenvalue weighted by atomic mass is 79.9. The molecular weight excluding hydrogens is 314 g/mol. The molecule has 2 rings (SSSR count). The van der Waals surface area contributed by atoms with E-state index in [4.69, 9.17) is 16.0 Å². The molecule has 0 saturated carbocycles. The highest BCUT2D eigenvalue weighted by molar-refractivity contribution is 9.10. The van der Waals surface area contributed by atoms with E-state index in [-0.39, 0.29) is 6.04 Å². The Balaban J connectivity index is 2.26. The van der Waals surface area contributed by atoms with Crippen molar-refractivity contribution < 1.29 is 4.42 Å². The quantitative estimate of drug-likeness (QED) is 0.851. The summed E-state index contributed by atoms with van der Waals surface area (Å²) in [5, 5.41) is 4.01. The number of hydrogen-bond acceptors (Lipinski definition) is 2. The first-order valence-electron chi connectivity index (χ1n) is 5.90. The first kappa shape index (κ1) is 13.7. The number of hydrogen-bond donors (Lipinski definition) is 1. The number of nitrogens with one attached hydrogen (secondary N) is 1. The molecule has 0 aliphatic carbocycles. The Morgan fingerprint density at radius 3 is 2.78 bits per heavy atom. The minimum Gasteiger partial charge on any atom is -0.459 e. The van der Waals surface area contributed by atoms with Gasteiger partial charge in [-0.2, -0.15) is 0 Å². The van der Waals surface area contributed by atoms with Gasteiger partial charge in [-0.05, 0) is 53.7 Å². The van der Waals surface area contributed by atoms with Crippen LogP contribution in [0.3, 0.4) is 0 Å². The molecule has 18 heavy (non-hydrogen) atoms. The monoisotopic (exact) mass is 327 g/mol. The predicted molar refractivity (Wildman–Crippen MR) is 78.9 cm³/mol. The maximum absolute atomic E-state index is 6.08. The summed E-state index contributed by atoms with van der Waals surface area (Å²) in [5.41, 5.74) is 0.984. The lowest BCUT2D eigenvalue weighted by atomic mass is 10.2. The van der Waals surface area contributed by atoms with Crippen LogP contribution in [0.4, 0.5) is 0 Å². The summed E-state index contributed by atoms with van der Waals surface area (Å²) in [6.45, 7) is 5.08. The van der Waals surface area contributed by atoms with Crippen molar-refractivity contribution in [3.63, 3.8) is 0 Å². The van der Waals surface area contributed by atoms with Crippen molar-refractivity contribution in [3.8, 4) is 11.3 Å². The van der Waals surface area contributed by atoms with E-state index in [9.17, 15) is 0 Å². The molecule has 2 nitrogen and oxygen atoms in total. The Morgan fingerprint density at radius 1 is 1.33 bits per heavy atom. The molecule has 1 aromatic carbocycles. The second-order valence-electron chi connectivity index (χ2n) is 4.11. The average Bonchev–Trinajstić information content (AvgIpc) is 2.82. The molecule has 1 heterocycles. The van der Waals surface area contributed by atoms with Crippen LogP contribution in [0.25, 0.3) is 11.3 Å². The van der Waals surface area contributed by atoms with Gasteiger partial charge in [0.05, 0.1) is 11.1 Å². The van der Waals surface area contributed by atoms with Gasteiger partial charge in [0.25, 0.3) is 0 Å². The van der Waals surface area contributed by atoms with Crippen LogP contribution in [0, 0.1) is 0 Å². The standard InChI is InChI=1S/C14H15BrClNO/c1-3-17-9(2)13-6-7-14(18-13)10-4-5-11(15)12(16)8-10/h4-9,17H,3H2,1-2H3. The van der Waals surface area contributed by atoms with Gasteiger partial charge >= 0.3 is 0 Å². The van der Waals surface area contributed by atoms with Crippen LogP contribution in [-0.2, 0) is 0 Å². The molecule has 2 aromatic rings. The zero-order valence-electron chi connectivity index (χ0n) is 10.3. The van der Waals surface area contributed by atoms with Crippen molar-refractivity contribution in [2.75, 3.05) is 6.54 Å². The van der Waals surface area contributed by atoms with Gasteiger partial charge in [-0.3, -0.25) is 0 Å². The second-order valence-corrected chi connectivity index (χ2v) is 5.37. The Labute approximate surface area is 120 Å². The zero-order chi connectivity index (χ0) is 13.1. The summed E-state index contributed by atoms with van der Waals surface area (Å²) in [6, 6.07) is 9.99. The van der Waals surface area contributed by atoms with Crippen LogP contribution < -0.4 is 5.32 Å². The van der Waals surface area contributed by atoms with E-state index in [2.05, 4.69) is 35.1 Å². The van der Waals surface area contributed by atoms with Crippen LogP contribution in [-0.4, -0.2) is 6.54 Å². The largest absolute Gasteiger partial charge is 0.459 e. The van der Waals surface area contributed by atoms with Gasteiger partial charge in [0.2, 0.25) is 0 Å². The molecule has 0 fully saturated rings. The lowest BCUT2D eigenvalue weighted by Crippen LogP contribution is -2.16. The topological polar surface area (TPSA) is 25.2 Å². The summed E-state index contributed by atoms with van der Waals surface area (Å²) in [7, 11) is 0. The summed E-state index contributed by atoms with van der Waals surface area (Å²) < 4.78 is 6.73. The predicted octanol–water partition coefficient (Wildman–Crippen LogP) is 5.03. The van der Waals surface area contributed by atoms with Crippen molar-refractivity contribution in [1.29, 1.82) is 0 Å². The third-order valence-electron chi connectivity index (χ3n) is 2.77. The molecule has 4 heteroatoms. The number of halogens is 2. The average molecular weight is 329 g/mol. The van der Waals surface area contributed by atoms with Gasteiger partial charge < -0.3 is 9.73 Å². The van der Waals surface area contributed by atoms with Crippen LogP contribution in [0.2, 0.25) is 5.02 Å². The van der Waals surface area contributed by atoms with Crippen LogP contribution in [0.5, 0.6) is 0 Å². The van der Waals surface area contributed by atoms with Gasteiger partial charge in [-0.15, -0.1) is 0 Å². The molecule has 1 atom stereocenters. The maximum Gasteiger partial charge on any atom is 0.134 e. The molecule has 1 aromatic heterocycles. The molecule has 0 bridgehead atoms. The number of benzene rings is 1. The Bertz CT molecular complexity index is 538. The highest BCUT2D eigenvalue weighted by Crippen LogP contribution is 2.30. The zero-order valence-corrected chi connectivity index (χ0v) is 12.7. The van der Waals surface area contributed by atoms with Gasteiger partial charge in [0.15, 0.2) is 0 Å². The third-order valence-corrected chi connectivity index (χ3v) is 4.00. The normalized spacial score (nSPS) is 12.7. The van der Waals surface area contributed by atoms with Crippen molar-refractivity contribution in [3.05, 3.63) is 45.6 Å². The van der Waals surface area contributed by atoms with E-state index in [1.54, 1.807) is 0 Å². The molecule has 0 aliphatic rings. The Kier molecular flexibility index (Phi) is 4.49. The van der Waals surface area contributed by atoms with Gasteiger partial charge in [-0.1, -0.05) is 24.6 Å². The van der Waals surface area contributed by atoms with Crippen molar-refractivity contribution >= 4 is 27.5 Å². The molecule has 1 unspecified atom stereocenters. The van der Waals surface area contributed by atoms with Crippen molar-refractivity contribution in [2.24, 2.45) is 0 Å². The second kappa shape index (κ2) is 5.91. The summed E-state index contributed by atoms with van der Waals surface area (Å²) in [4.78, 5) is 0. The van der Waals surface area contributed by atoms with Crippen molar-refractivity contribution in [1.82, 2.24) is 5.32 Å². The molecule has 0 radical (unpaired) electrons. The van der Waals surface area contributed by atoms with E-state index in [0.29, 0.717) is 5.02 Å². The molecule has 0 saturated heterocycles. The van der Waals surface area contributed by atoms with E-state index in [1.807, 2.05) is 30.3 Å². The molecule has 0 amide bonds. The molecule has 0 spiro atoms. The Morgan fingerprint density at radius 2 is 2.11 bits per heavy atom. The minimum absolute atomic E-state index is 0.217. The highest BCUT2D eigenvalue weighted by Gasteiger charge is 2.11. The van der Waals surface area contributed by atoms with E-state index in [0.717, 1.165) is 28.1 Å². The summed E-state index contributed by atoms with van der Waals surface area (Å²) in [6.07, 6.45) is 0. The molecule has 1 N–H and O–H groups in total. The summed E-state index contributed by atoms with van der Waals surface area (Å²) in [5.74, 6) is 1.77. The molecule has 0 aliphatic heterocycles. The van der Waals surface area contributed by atoms with Crippen LogP contribution in [0.15, 0.2) is 39.2 Å².